The lowest BCUT2D eigenvalue weighted by Gasteiger charge is -2.22. The molecule has 0 saturated heterocycles. The fourth-order valence-corrected chi connectivity index (χ4v) is 2.16. The molecule has 0 aliphatic carbocycles. The molecule has 0 aliphatic heterocycles. The number of aliphatic hydroxyl groups excluding tert-OH is 2. The second-order valence-electron chi connectivity index (χ2n) is 5.24. The molecule has 0 aliphatic rings. The summed E-state index contributed by atoms with van der Waals surface area (Å²) < 4.78 is 17.1. The number of aromatic hydroxyl groups is 1. The summed E-state index contributed by atoms with van der Waals surface area (Å²) in [4.78, 5) is 15.2. The third kappa shape index (κ3) is 5.07. The molecule has 8 heteroatoms. The Kier molecular flexibility index (Phi) is 6.55. The molecule has 0 aromatic heterocycles. The van der Waals surface area contributed by atoms with Crippen LogP contribution in [0.2, 0.25) is 0 Å². The zero-order valence-corrected chi connectivity index (χ0v) is 13.1. The minimum absolute atomic E-state index is 0.0320. The van der Waals surface area contributed by atoms with Gasteiger partial charge in [0.05, 0.1) is 12.6 Å². The Hall–Kier alpha value is -2.84. The molecule has 25 heavy (non-hydrogen) atoms. The number of phenols is 1. The highest BCUT2D eigenvalue weighted by atomic mass is 19.3. The number of rotatable bonds is 7. The van der Waals surface area contributed by atoms with Gasteiger partial charge < -0.3 is 25.4 Å². The van der Waals surface area contributed by atoms with Crippen molar-refractivity contribution in [2.45, 2.75) is 18.8 Å². The molecule has 0 saturated carbocycles. The Morgan fingerprint density at radius 3 is 2.52 bits per heavy atom. The Bertz CT molecular complexity index is 697. The van der Waals surface area contributed by atoms with Crippen LogP contribution in [0.15, 0.2) is 48.5 Å². The SMILES string of the molecule is O=C(N[C@H](CO)[C@H](O)c1ccc(OF)c(O)c1)OCc1ccccc1. The maximum Gasteiger partial charge on any atom is 0.407 e. The summed E-state index contributed by atoms with van der Waals surface area (Å²) in [5.74, 6) is -0.936. The van der Waals surface area contributed by atoms with Crippen LogP contribution in [0.1, 0.15) is 17.2 Å². The highest BCUT2D eigenvalue weighted by molar-refractivity contribution is 5.67. The van der Waals surface area contributed by atoms with Gasteiger partial charge in [-0.1, -0.05) is 36.4 Å². The maximum atomic E-state index is 12.1. The van der Waals surface area contributed by atoms with Crippen molar-refractivity contribution in [1.82, 2.24) is 5.32 Å². The van der Waals surface area contributed by atoms with Gasteiger partial charge in [0.25, 0.3) is 0 Å². The molecule has 0 radical (unpaired) electrons. The molecule has 134 valence electrons. The van der Waals surface area contributed by atoms with Gasteiger partial charge in [-0.2, -0.15) is 0 Å². The summed E-state index contributed by atoms with van der Waals surface area (Å²) in [6, 6.07) is 11.4. The molecule has 0 heterocycles. The first-order chi connectivity index (χ1) is 12.0. The van der Waals surface area contributed by atoms with Crippen LogP contribution in [-0.4, -0.2) is 34.1 Å². The number of amides is 1. The number of hydrogen-bond donors (Lipinski definition) is 4. The molecule has 7 nitrogen and oxygen atoms in total. The van der Waals surface area contributed by atoms with Gasteiger partial charge in [-0.3, -0.25) is 4.94 Å². The lowest BCUT2D eigenvalue weighted by molar-refractivity contribution is -0.00908. The monoisotopic (exact) mass is 351 g/mol. The van der Waals surface area contributed by atoms with E-state index in [2.05, 4.69) is 10.3 Å². The van der Waals surface area contributed by atoms with Crippen LogP contribution in [0, 0.1) is 0 Å². The first-order valence-electron chi connectivity index (χ1n) is 7.42. The van der Waals surface area contributed by atoms with Gasteiger partial charge in [0, 0.05) is 4.53 Å². The molecule has 0 fully saturated rings. The average molecular weight is 351 g/mol. The van der Waals surface area contributed by atoms with Gasteiger partial charge in [-0.25, -0.2) is 4.79 Å². The van der Waals surface area contributed by atoms with Gasteiger partial charge in [0.2, 0.25) is 5.75 Å². The first-order valence-corrected chi connectivity index (χ1v) is 7.42. The second-order valence-corrected chi connectivity index (χ2v) is 5.24. The quantitative estimate of drug-likeness (QED) is 0.607. The predicted octanol–water partition coefficient (Wildman–Crippen LogP) is 1.98. The molecule has 2 atom stereocenters. The minimum atomic E-state index is -1.35. The number of halogens is 1. The van der Waals surface area contributed by atoms with Gasteiger partial charge in [-0.15, -0.1) is 0 Å². The number of alkyl carbamates (subject to hydrolysis) is 1. The van der Waals surface area contributed by atoms with Crippen molar-refractivity contribution in [3.63, 3.8) is 0 Å². The topological polar surface area (TPSA) is 108 Å². The number of ether oxygens (including phenoxy) is 1. The largest absolute Gasteiger partial charge is 0.504 e. The molecule has 2 aromatic carbocycles. The molecular weight excluding hydrogens is 333 g/mol. The van der Waals surface area contributed by atoms with Crippen molar-refractivity contribution < 1.29 is 34.3 Å². The van der Waals surface area contributed by atoms with E-state index in [9.17, 15) is 24.6 Å². The Morgan fingerprint density at radius 2 is 1.92 bits per heavy atom. The molecule has 4 N–H and O–H groups in total. The predicted molar refractivity (Wildman–Crippen MR) is 85.4 cm³/mol. The van der Waals surface area contributed by atoms with Gasteiger partial charge in [0.1, 0.15) is 12.7 Å². The Labute approximate surface area is 143 Å². The summed E-state index contributed by atoms with van der Waals surface area (Å²) in [5, 5.41) is 31.5. The molecule has 0 unspecified atom stereocenters. The van der Waals surface area contributed by atoms with E-state index in [1.807, 2.05) is 6.07 Å². The van der Waals surface area contributed by atoms with Crippen LogP contribution >= 0.6 is 0 Å². The summed E-state index contributed by atoms with van der Waals surface area (Å²) in [6.45, 7) is -0.548. The smallest absolute Gasteiger partial charge is 0.407 e. The highest BCUT2D eigenvalue weighted by Crippen LogP contribution is 2.30. The maximum absolute atomic E-state index is 12.1. The average Bonchev–Trinajstić information content (AvgIpc) is 2.64. The van der Waals surface area contributed by atoms with Crippen molar-refractivity contribution in [3.8, 4) is 11.5 Å². The highest BCUT2D eigenvalue weighted by Gasteiger charge is 2.24. The Balaban J connectivity index is 1.96. The fourth-order valence-electron chi connectivity index (χ4n) is 2.16. The molecular formula is C17H18FNO6. The third-order valence-electron chi connectivity index (χ3n) is 3.50. The number of phenolic OH excluding ortho intramolecular Hbond substituents is 1. The number of benzene rings is 2. The van der Waals surface area contributed by atoms with E-state index in [0.29, 0.717) is 0 Å². The summed E-state index contributed by atoms with van der Waals surface area (Å²) in [5.41, 5.74) is 0.936. The van der Waals surface area contributed by atoms with Crippen molar-refractivity contribution in [2.24, 2.45) is 0 Å². The number of hydrogen-bond acceptors (Lipinski definition) is 6. The molecule has 2 rings (SSSR count). The number of carbonyl (C=O) groups is 1. The van der Waals surface area contributed by atoms with E-state index in [0.717, 1.165) is 17.7 Å². The lowest BCUT2D eigenvalue weighted by Crippen LogP contribution is -2.42. The lowest BCUT2D eigenvalue weighted by atomic mass is 10.0. The normalized spacial score (nSPS) is 12.9. The third-order valence-corrected chi connectivity index (χ3v) is 3.50. The van der Waals surface area contributed by atoms with Crippen molar-refractivity contribution in [3.05, 3.63) is 59.7 Å². The van der Waals surface area contributed by atoms with Crippen LogP contribution < -0.4 is 10.3 Å². The Morgan fingerprint density at radius 1 is 1.20 bits per heavy atom. The van der Waals surface area contributed by atoms with E-state index in [1.54, 1.807) is 24.3 Å². The van der Waals surface area contributed by atoms with E-state index in [4.69, 9.17) is 4.74 Å². The number of aliphatic hydroxyl groups is 2. The van der Waals surface area contributed by atoms with Gasteiger partial charge in [0.15, 0.2) is 5.75 Å². The summed E-state index contributed by atoms with van der Waals surface area (Å²) in [7, 11) is 0. The molecule has 0 spiro atoms. The summed E-state index contributed by atoms with van der Waals surface area (Å²) in [6.07, 6.45) is -2.18. The van der Waals surface area contributed by atoms with Crippen LogP contribution in [0.3, 0.4) is 0 Å². The molecule has 1 amide bonds. The number of carbonyl (C=O) groups excluding carboxylic acids is 1. The molecule has 2 aromatic rings. The van der Waals surface area contributed by atoms with E-state index in [1.165, 1.54) is 6.07 Å². The number of nitrogens with one attached hydrogen (secondary N) is 1. The summed E-state index contributed by atoms with van der Waals surface area (Å²) >= 11 is 0. The fraction of sp³-hybridized carbons (Fsp3) is 0.235. The van der Waals surface area contributed by atoms with Crippen molar-refractivity contribution in [1.29, 1.82) is 0 Å². The van der Waals surface area contributed by atoms with E-state index < -0.39 is 36.3 Å². The first kappa shape index (κ1) is 18.5. The standard InChI is InChI=1S/C17H18FNO6/c18-25-15-7-6-12(8-14(15)21)16(22)13(9-20)19-17(23)24-10-11-4-2-1-3-5-11/h1-8,13,16,20-22H,9-10H2,(H,19,23)/t13-,16-/m1/s1. The molecule has 0 bridgehead atoms. The van der Waals surface area contributed by atoms with E-state index >= 15 is 0 Å². The van der Waals surface area contributed by atoms with Gasteiger partial charge in [-0.05, 0) is 23.3 Å². The van der Waals surface area contributed by atoms with Crippen LogP contribution in [-0.2, 0) is 11.3 Å². The van der Waals surface area contributed by atoms with Crippen LogP contribution in [0.4, 0.5) is 9.32 Å². The van der Waals surface area contributed by atoms with Crippen LogP contribution in [0.5, 0.6) is 11.5 Å². The van der Waals surface area contributed by atoms with Crippen molar-refractivity contribution >= 4 is 6.09 Å². The van der Waals surface area contributed by atoms with Crippen molar-refractivity contribution in [2.75, 3.05) is 6.61 Å². The van der Waals surface area contributed by atoms with Crippen LogP contribution in [0.25, 0.3) is 0 Å². The second kappa shape index (κ2) is 8.86. The minimum Gasteiger partial charge on any atom is -0.504 e. The van der Waals surface area contributed by atoms with Gasteiger partial charge >= 0.3 is 6.09 Å². The zero-order chi connectivity index (χ0) is 18.2. The van der Waals surface area contributed by atoms with E-state index in [-0.39, 0.29) is 12.2 Å². The zero-order valence-electron chi connectivity index (χ0n) is 13.1.